The second kappa shape index (κ2) is 6.58. The van der Waals surface area contributed by atoms with Crippen LogP contribution in [0.4, 0.5) is 0 Å². The molecule has 0 spiro atoms. The number of rotatable bonds is 2. The Hall–Kier alpha value is -3.36. The zero-order chi connectivity index (χ0) is 20.1. The molecule has 2 aliphatic rings. The summed E-state index contributed by atoms with van der Waals surface area (Å²) in [4.78, 5) is 0. The van der Waals surface area contributed by atoms with Gasteiger partial charge in [0.05, 0.1) is 6.10 Å². The van der Waals surface area contributed by atoms with Gasteiger partial charge in [0.15, 0.2) is 5.60 Å². The zero-order valence-corrected chi connectivity index (χ0v) is 16.6. The normalized spacial score (nSPS) is 19.0. The van der Waals surface area contributed by atoms with E-state index in [9.17, 15) is 5.11 Å². The minimum absolute atomic E-state index is 0.454. The predicted molar refractivity (Wildman–Crippen MR) is 120 cm³/mol. The molecule has 1 aliphatic heterocycles. The van der Waals surface area contributed by atoms with E-state index in [0.29, 0.717) is 0 Å². The number of hydrogen-bond donors (Lipinski definition) is 1. The van der Waals surface area contributed by atoms with Crippen molar-refractivity contribution in [2.75, 3.05) is 0 Å². The van der Waals surface area contributed by atoms with Crippen LogP contribution in [-0.4, -0.2) is 5.11 Å². The summed E-state index contributed by atoms with van der Waals surface area (Å²) in [5.41, 5.74) is 4.83. The van der Waals surface area contributed by atoms with E-state index in [-0.39, 0.29) is 0 Å². The first-order valence-corrected chi connectivity index (χ1v) is 10.5. The first-order chi connectivity index (χ1) is 14.8. The molecule has 0 bridgehead atoms. The van der Waals surface area contributed by atoms with Gasteiger partial charge in [0, 0.05) is 22.1 Å². The third-order valence-electron chi connectivity index (χ3n) is 6.45. The van der Waals surface area contributed by atoms with Gasteiger partial charge in [-0.15, -0.1) is 0 Å². The molecule has 2 nitrogen and oxygen atoms in total. The van der Waals surface area contributed by atoms with Gasteiger partial charge in [0.25, 0.3) is 0 Å². The summed E-state index contributed by atoms with van der Waals surface area (Å²) in [5.74, 6) is 0.882. The average Bonchev–Trinajstić information content (AvgIpc) is 2.82. The van der Waals surface area contributed by atoms with Crippen LogP contribution >= 0.6 is 0 Å². The van der Waals surface area contributed by atoms with Gasteiger partial charge in [-0.2, -0.15) is 0 Å². The first kappa shape index (κ1) is 17.5. The lowest BCUT2D eigenvalue weighted by molar-refractivity contribution is 0.147. The van der Waals surface area contributed by atoms with E-state index < -0.39 is 11.7 Å². The van der Waals surface area contributed by atoms with Gasteiger partial charge in [0.2, 0.25) is 0 Å². The molecule has 0 saturated heterocycles. The molecule has 0 fully saturated rings. The summed E-state index contributed by atoms with van der Waals surface area (Å²) >= 11 is 0. The van der Waals surface area contributed by atoms with Crippen molar-refractivity contribution in [1.82, 2.24) is 0 Å². The molecule has 146 valence electrons. The maximum atomic E-state index is 10.8. The van der Waals surface area contributed by atoms with Crippen LogP contribution in [0, 0.1) is 0 Å². The summed E-state index contributed by atoms with van der Waals surface area (Å²) in [7, 11) is 0. The monoisotopic (exact) mass is 390 g/mol. The van der Waals surface area contributed by atoms with Crippen molar-refractivity contribution in [3.05, 3.63) is 119 Å². The Balaban J connectivity index is 1.71. The third-order valence-corrected chi connectivity index (χ3v) is 6.45. The fourth-order valence-electron chi connectivity index (χ4n) is 5.01. The highest BCUT2D eigenvalue weighted by atomic mass is 16.5. The third kappa shape index (κ3) is 2.47. The van der Waals surface area contributed by atoms with Crippen LogP contribution in [0.3, 0.4) is 0 Å². The Morgan fingerprint density at radius 1 is 0.800 bits per heavy atom. The lowest BCUT2D eigenvalue weighted by Gasteiger charge is -2.41. The van der Waals surface area contributed by atoms with Gasteiger partial charge < -0.3 is 9.84 Å². The summed E-state index contributed by atoms with van der Waals surface area (Å²) in [5, 5.41) is 13.0. The minimum Gasteiger partial charge on any atom is -0.472 e. The fourth-order valence-corrected chi connectivity index (χ4v) is 5.01. The highest BCUT2D eigenvalue weighted by Gasteiger charge is 2.42. The van der Waals surface area contributed by atoms with Crippen molar-refractivity contribution in [2.45, 2.75) is 24.5 Å². The molecule has 0 radical (unpaired) electrons. The Bertz CT molecular complexity index is 1230. The molecule has 30 heavy (non-hydrogen) atoms. The Labute approximate surface area is 176 Å². The molecule has 1 unspecified atom stereocenters. The van der Waals surface area contributed by atoms with E-state index in [1.54, 1.807) is 0 Å². The molecule has 4 aromatic carbocycles. The van der Waals surface area contributed by atoms with Crippen molar-refractivity contribution in [1.29, 1.82) is 0 Å². The van der Waals surface area contributed by atoms with Crippen LogP contribution in [-0.2, 0) is 5.60 Å². The average molecular weight is 390 g/mol. The van der Waals surface area contributed by atoms with Gasteiger partial charge in [-0.3, -0.25) is 0 Å². The summed E-state index contributed by atoms with van der Waals surface area (Å²) in [6.07, 6.45) is 3.40. The molecule has 1 aliphatic carbocycles. The van der Waals surface area contributed by atoms with E-state index in [1.165, 1.54) is 5.57 Å². The van der Waals surface area contributed by atoms with Gasteiger partial charge >= 0.3 is 0 Å². The summed E-state index contributed by atoms with van der Waals surface area (Å²) < 4.78 is 7.01. The first-order valence-electron chi connectivity index (χ1n) is 10.5. The number of hydrogen-bond acceptors (Lipinski definition) is 2. The smallest absolute Gasteiger partial charge is 0.178 e. The number of aliphatic hydroxyl groups excluding tert-OH is 1. The van der Waals surface area contributed by atoms with E-state index in [2.05, 4.69) is 78.9 Å². The zero-order valence-electron chi connectivity index (χ0n) is 16.6. The number of aliphatic hydroxyl groups is 1. The molecule has 4 aromatic rings. The summed E-state index contributed by atoms with van der Waals surface area (Å²) in [6.45, 7) is 0. The van der Waals surface area contributed by atoms with Crippen LogP contribution < -0.4 is 4.74 Å². The molecule has 1 N–H and O–H groups in total. The predicted octanol–water partition coefficient (Wildman–Crippen LogP) is 6.39. The van der Waals surface area contributed by atoms with Crippen molar-refractivity contribution < 1.29 is 9.84 Å². The number of benzene rings is 4. The van der Waals surface area contributed by atoms with Crippen LogP contribution in [0.1, 0.15) is 41.2 Å². The minimum atomic E-state index is -0.700. The second-order valence-corrected chi connectivity index (χ2v) is 8.18. The molecule has 0 aromatic heterocycles. The highest BCUT2D eigenvalue weighted by molar-refractivity contribution is 5.97. The molecule has 6 rings (SSSR count). The van der Waals surface area contributed by atoms with Crippen LogP contribution in [0.25, 0.3) is 16.3 Å². The van der Waals surface area contributed by atoms with Crippen molar-refractivity contribution in [3.63, 3.8) is 0 Å². The standard InChI is InChI=1S/C28H22O2/c29-25-16-15-20-18-28(21-10-3-1-4-11-21,22-12-5-2-6-13-22)30-27-23-14-8-7-9-19(23)17-24(25)26(20)27/h1-14,17-18,25,29H,15-16H2. The molecule has 1 atom stereocenters. The molecule has 0 saturated carbocycles. The van der Waals surface area contributed by atoms with Gasteiger partial charge in [-0.25, -0.2) is 0 Å². The van der Waals surface area contributed by atoms with Crippen molar-refractivity contribution in [2.24, 2.45) is 0 Å². The lowest BCUT2D eigenvalue weighted by atomic mass is 9.75. The van der Waals surface area contributed by atoms with E-state index >= 15 is 0 Å². The van der Waals surface area contributed by atoms with E-state index in [1.807, 2.05) is 18.2 Å². The van der Waals surface area contributed by atoms with Gasteiger partial charge in [-0.05, 0) is 41.5 Å². The molecule has 2 heteroatoms. The molecule has 0 amide bonds. The van der Waals surface area contributed by atoms with Gasteiger partial charge in [0.1, 0.15) is 5.75 Å². The molecular formula is C28H22O2. The largest absolute Gasteiger partial charge is 0.472 e. The Kier molecular flexibility index (Phi) is 3.84. The SMILES string of the molecule is OC1CCC2=CC(c3ccccc3)(c3ccccc3)Oc3c2c1cc1ccccc31. The van der Waals surface area contributed by atoms with Crippen molar-refractivity contribution in [3.8, 4) is 5.75 Å². The van der Waals surface area contributed by atoms with Crippen molar-refractivity contribution >= 4 is 16.3 Å². The van der Waals surface area contributed by atoms with Crippen LogP contribution in [0.15, 0.2) is 97.1 Å². The lowest BCUT2D eigenvalue weighted by Crippen LogP contribution is -2.36. The number of allylic oxidation sites excluding steroid dienone is 1. The Morgan fingerprint density at radius 3 is 2.13 bits per heavy atom. The van der Waals surface area contributed by atoms with Gasteiger partial charge in [-0.1, -0.05) is 84.9 Å². The maximum absolute atomic E-state index is 10.8. The molecule has 1 heterocycles. The van der Waals surface area contributed by atoms with E-state index in [4.69, 9.17) is 4.74 Å². The topological polar surface area (TPSA) is 29.5 Å². The molecular weight excluding hydrogens is 368 g/mol. The maximum Gasteiger partial charge on any atom is 0.178 e. The van der Waals surface area contributed by atoms with Crippen LogP contribution in [0.5, 0.6) is 5.75 Å². The number of fused-ring (bicyclic) bond motifs is 2. The number of ether oxygens (including phenoxy) is 1. The fraction of sp³-hybridized carbons (Fsp3) is 0.143. The highest BCUT2D eigenvalue weighted by Crippen LogP contribution is 2.53. The van der Waals surface area contributed by atoms with Crippen LogP contribution in [0.2, 0.25) is 0 Å². The summed E-state index contributed by atoms with van der Waals surface area (Å²) in [6, 6.07) is 31.3. The second-order valence-electron chi connectivity index (χ2n) is 8.18. The van der Waals surface area contributed by atoms with E-state index in [0.717, 1.165) is 51.6 Å². The Morgan fingerprint density at radius 2 is 1.43 bits per heavy atom. The quantitative estimate of drug-likeness (QED) is 0.430.